The van der Waals surface area contributed by atoms with Crippen LogP contribution in [0.1, 0.15) is 10.4 Å². The monoisotopic (exact) mass is 386 g/mol. The van der Waals surface area contributed by atoms with Crippen molar-refractivity contribution in [2.24, 2.45) is 0 Å². The van der Waals surface area contributed by atoms with E-state index in [2.05, 4.69) is 29.2 Å². The van der Waals surface area contributed by atoms with E-state index in [1.807, 2.05) is 41.3 Å². The van der Waals surface area contributed by atoms with Gasteiger partial charge in [0.2, 0.25) is 0 Å². The minimum Gasteiger partial charge on any atom is -0.497 e. The Bertz CT molecular complexity index is 1210. The number of aromatic amines is 1. The number of aromatic nitrogens is 1. The maximum absolute atomic E-state index is 12.8. The van der Waals surface area contributed by atoms with Gasteiger partial charge in [0.15, 0.2) is 0 Å². The molecule has 5 nitrogen and oxygen atoms in total. The van der Waals surface area contributed by atoms with Gasteiger partial charge in [0.1, 0.15) is 5.75 Å². The minimum atomic E-state index is 0.0610. The molecule has 1 amide bonds. The lowest BCUT2D eigenvalue weighted by Gasteiger charge is -2.26. The number of nitrogens with one attached hydrogen (secondary N) is 1. The first-order chi connectivity index (χ1) is 14.2. The van der Waals surface area contributed by atoms with E-state index in [-0.39, 0.29) is 5.91 Å². The Kier molecular flexibility index (Phi) is 4.45. The number of carbonyl (C=O) groups is 1. The van der Waals surface area contributed by atoms with E-state index in [1.165, 1.54) is 0 Å². The van der Waals surface area contributed by atoms with Crippen molar-refractivity contribution >= 4 is 27.7 Å². The first kappa shape index (κ1) is 17.8. The largest absolute Gasteiger partial charge is 0.497 e. The number of rotatable bonds is 3. The molecule has 1 aliphatic heterocycles. The van der Waals surface area contributed by atoms with Crippen molar-refractivity contribution in [2.75, 3.05) is 33.4 Å². The Labute approximate surface area is 168 Å². The number of benzene rings is 3. The van der Waals surface area contributed by atoms with Crippen LogP contribution in [0.2, 0.25) is 0 Å². The summed E-state index contributed by atoms with van der Waals surface area (Å²) in [6.07, 6.45) is 0. The molecule has 1 aromatic heterocycles. The third kappa shape index (κ3) is 3.23. The lowest BCUT2D eigenvalue weighted by molar-refractivity contribution is 0.0303. The van der Waals surface area contributed by atoms with Gasteiger partial charge in [0.05, 0.1) is 20.3 Å². The van der Waals surface area contributed by atoms with Gasteiger partial charge in [-0.2, -0.15) is 0 Å². The fraction of sp³-hybridized carbons (Fsp3) is 0.208. The number of morpholine rings is 1. The van der Waals surface area contributed by atoms with Crippen LogP contribution >= 0.6 is 0 Å². The molecule has 3 aromatic carbocycles. The zero-order valence-corrected chi connectivity index (χ0v) is 16.3. The number of hydrogen-bond acceptors (Lipinski definition) is 3. The standard InChI is InChI=1S/C24H22N2O3/c1-28-19-4-2-3-16(13-19)17-6-8-22-21(14-17)20-7-5-18(15-23(20)25-22)24(27)26-9-11-29-12-10-26/h2-8,13-15,25H,9-12H2,1H3. The van der Waals surface area contributed by atoms with Gasteiger partial charge in [-0.1, -0.05) is 24.3 Å². The first-order valence-electron chi connectivity index (χ1n) is 9.80. The average molecular weight is 386 g/mol. The number of nitrogens with zero attached hydrogens (tertiary/aromatic N) is 1. The zero-order valence-electron chi connectivity index (χ0n) is 16.3. The highest BCUT2D eigenvalue weighted by atomic mass is 16.5. The molecular formula is C24H22N2O3. The number of fused-ring (bicyclic) bond motifs is 3. The molecule has 4 aromatic rings. The predicted octanol–water partition coefficient (Wildman–Crippen LogP) is 4.47. The van der Waals surface area contributed by atoms with Crippen molar-refractivity contribution in [2.45, 2.75) is 0 Å². The Morgan fingerprint density at radius 2 is 1.76 bits per heavy atom. The fourth-order valence-corrected chi connectivity index (χ4v) is 3.97. The van der Waals surface area contributed by atoms with Crippen LogP contribution in [0.5, 0.6) is 5.75 Å². The molecule has 0 unspecified atom stereocenters. The van der Waals surface area contributed by atoms with E-state index in [0.717, 1.165) is 38.7 Å². The summed E-state index contributed by atoms with van der Waals surface area (Å²) >= 11 is 0. The number of ether oxygens (including phenoxy) is 2. The van der Waals surface area contributed by atoms with Crippen LogP contribution in [0.25, 0.3) is 32.9 Å². The number of H-pyrrole nitrogens is 1. The Hall–Kier alpha value is -3.31. The SMILES string of the molecule is COc1cccc(-c2ccc3[nH]c4cc(C(=O)N5CCOCC5)ccc4c3c2)c1. The van der Waals surface area contributed by atoms with Crippen molar-refractivity contribution in [1.82, 2.24) is 9.88 Å². The fourth-order valence-electron chi connectivity index (χ4n) is 3.97. The van der Waals surface area contributed by atoms with Crippen LogP contribution in [0.3, 0.4) is 0 Å². The molecule has 5 heteroatoms. The van der Waals surface area contributed by atoms with Gasteiger partial charge in [-0.3, -0.25) is 4.79 Å². The van der Waals surface area contributed by atoms with Gasteiger partial charge in [-0.15, -0.1) is 0 Å². The number of carbonyl (C=O) groups excluding carboxylic acids is 1. The summed E-state index contributed by atoms with van der Waals surface area (Å²) in [6, 6.07) is 20.4. The van der Waals surface area contributed by atoms with Gasteiger partial charge < -0.3 is 19.4 Å². The smallest absolute Gasteiger partial charge is 0.254 e. The molecule has 0 saturated carbocycles. The number of methoxy groups -OCH3 is 1. The maximum atomic E-state index is 12.8. The van der Waals surface area contributed by atoms with E-state index in [1.54, 1.807) is 7.11 Å². The summed E-state index contributed by atoms with van der Waals surface area (Å²) in [6.45, 7) is 2.50. The topological polar surface area (TPSA) is 54.6 Å². The van der Waals surface area contributed by atoms with E-state index in [0.29, 0.717) is 31.9 Å². The van der Waals surface area contributed by atoms with Crippen molar-refractivity contribution in [3.8, 4) is 16.9 Å². The molecule has 29 heavy (non-hydrogen) atoms. The predicted molar refractivity (Wildman–Crippen MR) is 115 cm³/mol. The molecule has 1 N–H and O–H groups in total. The van der Waals surface area contributed by atoms with Crippen LogP contribution in [-0.2, 0) is 4.74 Å². The molecule has 0 radical (unpaired) electrons. The highest BCUT2D eigenvalue weighted by Crippen LogP contribution is 2.32. The van der Waals surface area contributed by atoms with Crippen LogP contribution in [0, 0.1) is 0 Å². The second-order valence-electron chi connectivity index (χ2n) is 7.28. The lowest BCUT2D eigenvalue weighted by atomic mass is 10.0. The summed E-state index contributed by atoms with van der Waals surface area (Å²) in [4.78, 5) is 18.1. The van der Waals surface area contributed by atoms with Gasteiger partial charge >= 0.3 is 0 Å². The number of amides is 1. The molecule has 0 aliphatic carbocycles. The quantitative estimate of drug-likeness (QED) is 0.565. The van der Waals surface area contributed by atoms with Gasteiger partial charge in [-0.05, 0) is 47.5 Å². The highest BCUT2D eigenvalue weighted by Gasteiger charge is 2.19. The molecule has 146 valence electrons. The second-order valence-corrected chi connectivity index (χ2v) is 7.28. The first-order valence-corrected chi connectivity index (χ1v) is 9.80. The van der Waals surface area contributed by atoms with Crippen LogP contribution in [0.4, 0.5) is 0 Å². The summed E-state index contributed by atoms with van der Waals surface area (Å²) in [5.41, 5.74) is 4.98. The Morgan fingerprint density at radius 1 is 0.931 bits per heavy atom. The van der Waals surface area contributed by atoms with E-state index in [4.69, 9.17) is 9.47 Å². The van der Waals surface area contributed by atoms with Crippen molar-refractivity contribution in [1.29, 1.82) is 0 Å². The molecule has 1 saturated heterocycles. The normalized spacial score (nSPS) is 14.4. The van der Waals surface area contributed by atoms with Crippen LogP contribution in [0.15, 0.2) is 60.7 Å². The summed E-state index contributed by atoms with van der Waals surface area (Å²) in [5.74, 6) is 0.902. The summed E-state index contributed by atoms with van der Waals surface area (Å²) in [5, 5.41) is 2.26. The Morgan fingerprint density at radius 3 is 2.59 bits per heavy atom. The van der Waals surface area contributed by atoms with E-state index in [9.17, 15) is 4.79 Å². The summed E-state index contributed by atoms with van der Waals surface area (Å²) < 4.78 is 10.7. The lowest BCUT2D eigenvalue weighted by Crippen LogP contribution is -2.40. The van der Waals surface area contributed by atoms with Gasteiger partial charge in [0.25, 0.3) is 5.91 Å². The molecule has 1 fully saturated rings. The third-order valence-electron chi connectivity index (χ3n) is 5.55. The molecular weight excluding hydrogens is 364 g/mol. The molecule has 5 rings (SSSR count). The van der Waals surface area contributed by atoms with Crippen LogP contribution < -0.4 is 4.74 Å². The molecule has 0 bridgehead atoms. The van der Waals surface area contributed by atoms with Gasteiger partial charge in [0, 0.05) is 40.5 Å². The van der Waals surface area contributed by atoms with Crippen molar-refractivity contribution < 1.29 is 14.3 Å². The van der Waals surface area contributed by atoms with Gasteiger partial charge in [-0.25, -0.2) is 0 Å². The van der Waals surface area contributed by atoms with Crippen LogP contribution in [-0.4, -0.2) is 49.2 Å². The van der Waals surface area contributed by atoms with E-state index < -0.39 is 0 Å². The molecule has 0 atom stereocenters. The third-order valence-corrected chi connectivity index (χ3v) is 5.55. The highest BCUT2D eigenvalue weighted by molar-refractivity contribution is 6.10. The second kappa shape index (κ2) is 7.26. The van der Waals surface area contributed by atoms with Crippen molar-refractivity contribution in [3.63, 3.8) is 0 Å². The Balaban J connectivity index is 1.54. The van der Waals surface area contributed by atoms with Crippen molar-refractivity contribution in [3.05, 3.63) is 66.2 Å². The molecule has 1 aliphatic rings. The van der Waals surface area contributed by atoms with E-state index >= 15 is 0 Å². The molecule has 2 heterocycles. The molecule has 0 spiro atoms. The zero-order chi connectivity index (χ0) is 19.8. The summed E-state index contributed by atoms with van der Waals surface area (Å²) in [7, 11) is 1.68. The minimum absolute atomic E-state index is 0.0610. The maximum Gasteiger partial charge on any atom is 0.254 e. The number of hydrogen-bond donors (Lipinski definition) is 1. The average Bonchev–Trinajstić information content (AvgIpc) is 3.16.